The van der Waals surface area contributed by atoms with Gasteiger partial charge in [-0.15, -0.1) is 0 Å². The number of methoxy groups -OCH3 is 2. The van der Waals surface area contributed by atoms with Crippen molar-refractivity contribution in [3.05, 3.63) is 24.4 Å². The molecule has 0 aliphatic carbocycles. The smallest absolute Gasteiger partial charge is 0.221 e. The Hall–Kier alpha value is -2.30. The van der Waals surface area contributed by atoms with E-state index in [1.54, 1.807) is 38.6 Å². The first-order valence-corrected chi connectivity index (χ1v) is 5.44. The Kier molecular flexibility index (Phi) is 3.32. The molecule has 1 aromatic heterocycles. The van der Waals surface area contributed by atoms with Crippen molar-refractivity contribution < 1.29 is 14.3 Å². The molecule has 0 fully saturated rings. The fraction of sp³-hybridized carbons (Fsp3) is 0.231. The van der Waals surface area contributed by atoms with Crippen LogP contribution in [0.4, 0.5) is 5.69 Å². The van der Waals surface area contributed by atoms with E-state index < -0.39 is 0 Å². The second-order valence-electron chi connectivity index (χ2n) is 3.73. The normalized spacial score (nSPS) is 10.2. The summed E-state index contributed by atoms with van der Waals surface area (Å²) in [6.45, 7) is 1.46. The Bertz CT molecular complexity index is 596. The molecule has 0 atom stereocenters. The molecule has 1 heterocycles. The van der Waals surface area contributed by atoms with Crippen LogP contribution in [0.15, 0.2) is 24.4 Å². The fourth-order valence-corrected chi connectivity index (χ4v) is 1.84. The number of hydrogen-bond acceptors (Lipinski definition) is 4. The summed E-state index contributed by atoms with van der Waals surface area (Å²) in [6, 6.07) is 5.30. The van der Waals surface area contributed by atoms with Crippen molar-refractivity contribution in [1.82, 2.24) is 4.98 Å². The largest absolute Gasteiger partial charge is 0.496 e. The highest BCUT2D eigenvalue weighted by Crippen LogP contribution is 2.36. The molecule has 0 saturated heterocycles. The number of carbonyl (C=O) groups is 1. The number of fused-ring (bicyclic) bond motifs is 1. The number of nitrogens with zero attached hydrogens (tertiary/aromatic N) is 1. The zero-order chi connectivity index (χ0) is 13.1. The van der Waals surface area contributed by atoms with Crippen molar-refractivity contribution in [3.8, 4) is 11.5 Å². The van der Waals surface area contributed by atoms with Gasteiger partial charge in [0.25, 0.3) is 0 Å². The summed E-state index contributed by atoms with van der Waals surface area (Å²) in [7, 11) is 3.15. The topological polar surface area (TPSA) is 60.5 Å². The number of rotatable bonds is 3. The number of pyridine rings is 1. The minimum Gasteiger partial charge on any atom is -0.496 e. The number of anilines is 1. The molecule has 0 unspecified atom stereocenters. The van der Waals surface area contributed by atoms with Crippen molar-refractivity contribution in [1.29, 1.82) is 0 Å². The molecule has 0 aliphatic heterocycles. The molecular formula is C13H14N2O3. The van der Waals surface area contributed by atoms with Gasteiger partial charge in [-0.3, -0.25) is 9.78 Å². The molecule has 94 valence electrons. The van der Waals surface area contributed by atoms with Crippen LogP contribution in [0.1, 0.15) is 6.92 Å². The van der Waals surface area contributed by atoms with Gasteiger partial charge in [0.15, 0.2) is 0 Å². The molecular weight excluding hydrogens is 232 g/mol. The standard InChI is InChI=1S/C13H14N2O3/c1-8(16)15-9-6-7-14-13-11(18-3)5-4-10(17-2)12(9)13/h4-7H,1-3H3,(H,14,15,16). The number of aromatic nitrogens is 1. The molecule has 0 aliphatic rings. The highest BCUT2D eigenvalue weighted by atomic mass is 16.5. The van der Waals surface area contributed by atoms with Crippen LogP contribution in [-0.4, -0.2) is 25.1 Å². The van der Waals surface area contributed by atoms with Crippen molar-refractivity contribution in [2.75, 3.05) is 19.5 Å². The van der Waals surface area contributed by atoms with Gasteiger partial charge in [0.1, 0.15) is 17.0 Å². The van der Waals surface area contributed by atoms with E-state index in [1.165, 1.54) is 6.92 Å². The lowest BCUT2D eigenvalue weighted by Gasteiger charge is -2.12. The molecule has 18 heavy (non-hydrogen) atoms. The molecule has 1 aromatic carbocycles. The summed E-state index contributed by atoms with van der Waals surface area (Å²) >= 11 is 0. The number of benzene rings is 1. The second-order valence-corrected chi connectivity index (χ2v) is 3.73. The Morgan fingerprint density at radius 3 is 2.44 bits per heavy atom. The van der Waals surface area contributed by atoms with Gasteiger partial charge in [-0.2, -0.15) is 0 Å². The van der Waals surface area contributed by atoms with E-state index in [0.717, 1.165) is 5.39 Å². The van der Waals surface area contributed by atoms with Gasteiger partial charge in [0.05, 0.1) is 25.3 Å². The first-order chi connectivity index (χ1) is 8.67. The van der Waals surface area contributed by atoms with E-state index in [9.17, 15) is 4.79 Å². The molecule has 5 heteroatoms. The van der Waals surface area contributed by atoms with E-state index in [0.29, 0.717) is 22.7 Å². The van der Waals surface area contributed by atoms with E-state index in [2.05, 4.69) is 10.3 Å². The van der Waals surface area contributed by atoms with E-state index in [-0.39, 0.29) is 5.91 Å². The van der Waals surface area contributed by atoms with Crippen LogP contribution in [0, 0.1) is 0 Å². The van der Waals surface area contributed by atoms with Gasteiger partial charge in [-0.25, -0.2) is 0 Å². The van der Waals surface area contributed by atoms with Crippen LogP contribution in [-0.2, 0) is 4.79 Å². The lowest BCUT2D eigenvalue weighted by Crippen LogP contribution is -2.07. The first-order valence-electron chi connectivity index (χ1n) is 5.44. The molecule has 0 radical (unpaired) electrons. The lowest BCUT2D eigenvalue weighted by atomic mass is 10.1. The van der Waals surface area contributed by atoms with E-state index in [1.807, 2.05) is 0 Å². The van der Waals surface area contributed by atoms with Crippen LogP contribution in [0.25, 0.3) is 10.9 Å². The van der Waals surface area contributed by atoms with E-state index >= 15 is 0 Å². The number of ether oxygens (including phenoxy) is 2. The number of nitrogens with one attached hydrogen (secondary N) is 1. The maximum atomic E-state index is 11.2. The zero-order valence-corrected chi connectivity index (χ0v) is 10.5. The predicted octanol–water partition coefficient (Wildman–Crippen LogP) is 2.21. The third kappa shape index (κ3) is 2.07. The maximum absolute atomic E-state index is 11.2. The fourth-order valence-electron chi connectivity index (χ4n) is 1.84. The SMILES string of the molecule is COc1ccc(OC)c2c(NC(C)=O)ccnc12. The highest BCUT2D eigenvalue weighted by Gasteiger charge is 2.13. The van der Waals surface area contributed by atoms with Crippen LogP contribution in [0.5, 0.6) is 11.5 Å². The van der Waals surface area contributed by atoms with Crippen molar-refractivity contribution in [3.63, 3.8) is 0 Å². The number of hydrogen-bond donors (Lipinski definition) is 1. The molecule has 1 N–H and O–H groups in total. The average molecular weight is 246 g/mol. The quantitative estimate of drug-likeness (QED) is 0.902. The molecule has 0 spiro atoms. The predicted molar refractivity (Wildman–Crippen MR) is 69.2 cm³/mol. The summed E-state index contributed by atoms with van der Waals surface area (Å²) in [5.74, 6) is 1.13. The Morgan fingerprint density at radius 2 is 1.83 bits per heavy atom. The van der Waals surface area contributed by atoms with Crippen LogP contribution >= 0.6 is 0 Å². The molecule has 0 bridgehead atoms. The minimum absolute atomic E-state index is 0.146. The maximum Gasteiger partial charge on any atom is 0.221 e. The van der Waals surface area contributed by atoms with Crippen molar-refractivity contribution in [2.24, 2.45) is 0 Å². The van der Waals surface area contributed by atoms with Crippen LogP contribution in [0.2, 0.25) is 0 Å². The van der Waals surface area contributed by atoms with E-state index in [4.69, 9.17) is 9.47 Å². The Morgan fingerprint density at radius 1 is 1.17 bits per heavy atom. The average Bonchev–Trinajstić information content (AvgIpc) is 2.37. The van der Waals surface area contributed by atoms with Gasteiger partial charge in [0.2, 0.25) is 5.91 Å². The third-order valence-electron chi connectivity index (χ3n) is 2.57. The van der Waals surface area contributed by atoms with Gasteiger partial charge < -0.3 is 14.8 Å². The molecule has 0 saturated carbocycles. The Balaban J connectivity index is 2.75. The summed E-state index contributed by atoms with van der Waals surface area (Å²) in [5, 5.41) is 3.49. The molecule has 2 rings (SSSR count). The van der Waals surface area contributed by atoms with Gasteiger partial charge in [-0.1, -0.05) is 0 Å². The first kappa shape index (κ1) is 12.2. The van der Waals surface area contributed by atoms with Gasteiger partial charge >= 0.3 is 0 Å². The zero-order valence-electron chi connectivity index (χ0n) is 10.5. The van der Waals surface area contributed by atoms with Crippen molar-refractivity contribution in [2.45, 2.75) is 6.92 Å². The lowest BCUT2D eigenvalue weighted by molar-refractivity contribution is -0.114. The van der Waals surface area contributed by atoms with Crippen LogP contribution < -0.4 is 14.8 Å². The summed E-state index contributed by atoms with van der Waals surface area (Å²) < 4.78 is 10.6. The van der Waals surface area contributed by atoms with Gasteiger partial charge in [0, 0.05) is 13.1 Å². The van der Waals surface area contributed by atoms with Crippen LogP contribution in [0.3, 0.4) is 0 Å². The second kappa shape index (κ2) is 4.91. The number of carbonyl (C=O) groups excluding carboxylic acids is 1. The molecule has 5 nitrogen and oxygen atoms in total. The van der Waals surface area contributed by atoms with Crippen molar-refractivity contribution >= 4 is 22.5 Å². The summed E-state index contributed by atoms with van der Waals surface area (Å²) in [5.41, 5.74) is 1.31. The molecule has 1 amide bonds. The highest BCUT2D eigenvalue weighted by molar-refractivity contribution is 6.04. The minimum atomic E-state index is -0.146. The summed E-state index contributed by atoms with van der Waals surface area (Å²) in [4.78, 5) is 15.5. The Labute approximate surface area is 105 Å². The monoisotopic (exact) mass is 246 g/mol. The third-order valence-corrected chi connectivity index (χ3v) is 2.57. The molecule has 2 aromatic rings. The summed E-state index contributed by atoms with van der Waals surface area (Å²) in [6.07, 6.45) is 1.62. The number of amides is 1. The van der Waals surface area contributed by atoms with Gasteiger partial charge in [-0.05, 0) is 18.2 Å².